The van der Waals surface area contributed by atoms with Crippen LogP contribution in [0.2, 0.25) is 0 Å². The van der Waals surface area contributed by atoms with E-state index < -0.39 is 0 Å². The summed E-state index contributed by atoms with van der Waals surface area (Å²) in [6.45, 7) is 11.4. The maximum Gasteiger partial charge on any atom is 0.0589 e. The first-order chi connectivity index (χ1) is 9.45. The first-order valence-electron chi connectivity index (χ1n) is 7.50. The molecule has 0 heterocycles. The smallest absolute Gasteiger partial charge is 0.0589 e. The summed E-state index contributed by atoms with van der Waals surface area (Å²) in [5, 5.41) is 0. The van der Waals surface area contributed by atoms with Gasteiger partial charge in [-0.25, -0.2) is 0 Å². The van der Waals surface area contributed by atoms with Crippen LogP contribution in [0.3, 0.4) is 0 Å². The van der Waals surface area contributed by atoms with Crippen molar-refractivity contribution in [3.05, 3.63) is 35.4 Å². The number of hydrogen-bond acceptors (Lipinski definition) is 3. The monoisotopic (exact) mass is 278 g/mol. The second-order valence-electron chi connectivity index (χ2n) is 6.10. The summed E-state index contributed by atoms with van der Waals surface area (Å²) in [6, 6.07) is 9.05. The minimum absolute atomic E-state index is 0.0910. The van der Waals surface area contributed by atoms with Gasteiger partial charge in [-0.1, -0.05) is 43.7 Å². The highest BCUT2D eigenvalue weighted by Gasteiger charge is 2.24. The molecular weight excluding hydrogens is 248 g/mol. The van der Waals surface area contributed by atoms with Gasteiger partial charge >= 0.3 is 0 Å². The fraction of sp³-hybridized carbons (Fsp3) is 0.647. The SMILES string of the molecule is COCCN(CC(C)C)C(c1ccc(C)cc1)C(C)N. The minimum atomic E-state index is 0.0910. The zero-order valence-corrected chi connectivity index (χ0v) is 13.6. The van der Waals surface area contributed by atoms with Gasteiger partial charge < -0.3 is 10.5 Å². The first kappa shape index (κ1) is 17.2. The fourth-order valence-electron chi connectivity index (χ4n) is 2.63. The Kier molecular flexibility index (Phi) is 7.20. The predicted octanol–water partition coefficient (Wildman–Crippen LogP) is 2.99. The molecule has 2 unspecified atom stereocenters. The third-order valence-corrected chi connectivity index (χ3v) is 3.49. The summed E-state index contributed by atoms with van der Waals surface area (Å²) in [4.78, 5) is 2.45. The molecule has 0 radical (unpaired) electrons. The number of aryl methyl sites for hydroxylation is 1. The topological polar surface area (TPSA) is 38.5 Å². The molecule has 0 bridgehead atoms. The molecule has 1 rings (SSSR count). The average molecular weight is 278 g/mol. The van der Waals surface area contributed by atoms with Crippen molar-refractivity contribution >= 4 is 0 Å². The predicted molar refractivity (Wildman–Crippen MR) is 85.9 cm³/mol. The molecule has 0 saturated heterocycles. The van der Waals surface area contributed by atoms with Crippen LogP contribution in [0.5, 0.6) is 0 Å². The Morgan fingerprint density at radius 1 is 1.15 bits per heavy atom. The highest BCUT2D eigenvalue weighted by atomic mass is 16.5. The lowest BCUT2D eigenvalue weighted by molar-refractivity contribution is 0.101. The maximum absolute atomic E-state index is 6.27. The van der Waals surface area contributed by atoms with E-state index in [1.807, 2.05) is 0 Å². The standard InChI is InChI=1S/C17H30N2O/c1-13(2)12-19(10-11-20-5)17(15(4)18)16-8-6-14(3)7-9-16/h6-9,13,15,17H,10-12,18H2,1-5H3. The van der Waals surface area contributed by atoms with E-state index in [4.69, 9.17) is 10.5 Å². The van der Waals surface area contributed by atoms with E-state index in [2.05, 4.69) is 56.9 Å². The van der Waals surface area contributed by atoms with Crippen LogP contribution in [-0.2, 0) is 4.74 Å². The van der Waals surface area contributed by atoms with E-state index in [0.29, 0.717) is 5.92 Å². The zero-order valence-electron chi connectivity index (χ0n) is 13.6. The van der Waals surface area contributed by atoms with Crippen LogP contribution in [0.1, 0.15) is 37.9 Å². The van der Waals surface area contributed by atoms with E-state index in [-0.39, 0.29) is 12.1 Å². The van der Waals surface area contributed by atoms with Crippen LogP contribution < -0.4 is 5.73 Å². The fourth-order valence-corrected chi connectivity index (χ4v) is 2.63. The molecule has 1 aromatic rings. The molecule has 0 amide bonds. The van der Waals surface area contributed by atoms with Gasteiger partial charge in [-0.05, 0) is 25.3 Å². The van der Waals surface area contributed by atoms with Crippen LogP contribution >= 0.6 is 0 Å². The van der Waals surface area contributed by atoms with Crippen molar-refractivity contribution in [1.82, 2.24) is 4.90 Å². The lowest BCUT2D eigenvalue weighted by Gasteiger charge is -2.35. The number of rotatable bonds is 8. The molecule has 0 aliphatic rings. The van der Waals surface area contributed by atoms with Gasteiger partial charge in [0.25, 0.3) is 0 Å². The Hall–Kier alpha value is -0.900. The summed E-state index contributed by atoms with van der Waals surface area (Å²) < 4.78 is 5.26. The summed E-state index contributed by atoms with van der Waals surface area (Å²) in [5.41, 5.74) is 8.85. The second kappa shape index (κ2) is 8.40. The molecule has 0 aromatic heterocycles. The highest BCUT2D eigenvalue weighted by Crippen LogP contribution is 2.24. The van der Waals surface area contributed by atoms with Crippen molar-refractivity contribution in [1.29, 1.82) is 0 Å². The molecular formula is C17H30N2O. The Morgan fingerprint density at radius 2 is 1.75 bits per heavy atom. The molecule has 0 aliphatic heterocycles. The molecule has 1 aromatic carbocycles. The van der Waals surface area contributed by atoms with Crippen molar-refractivity contribution in [2.24, 2.45) is 11.7 Å². The Balaban J connectivity index is 2.96. The van der Waals surface area contributed by atoms with Crippen molar-refractivity contribution in [3.8, 4) is 0 Å². The van der Waals surface area contributed by atoms with E-state index >= 15 is 0 Å². The van der Waals surface area contributed by atoms with Crippen LogP contribution in [-0.4, -0.2) is 37.7 Å². The van der Waals surface area contributed by atoms with Crippen molar-refractivity contribution < 1.29 is 4.74 Å². The largest absolute Gasteiger partial charge is 0.383 e. The van der Waals surface area contributed by atoms with Crippen molar-refractivity contribution in [2.75, 3.05) is 26.8 Å². The Bertz CT molecular complexity index is 373. The van der Waals surface area contributed by atoms with Crippen LogP contribution in [0.15, 0.2) is 24.3 Å². The zero-order chi connectivity index (χ0) is 15.1. The van der Waals surface area contributed by atoms with Gasteiger partial charge in [0.2, 0.25) is 0 Å². The third kappa shape index (κ3) is 5.23. The van der Waals surface area contributed by atoms with Crippen LogP contribution in [0.25, 0.3) is 0 Å². The number of benzene rings is 1. The molecule has 3 nitrogen and oxygen atoms in total. The van der Waals surface area contributed by atoms with Gasteiger partial charge in [-0.2, -0.15) is 0 Å². The molecule has 0 aliphatic carbocycles. The molecule has 0 saturated carbocycles. The van der Waals surface area contributed by atoms with Gasteiger partial charge in [0.1, 0.15) is 0 Å². The average Bonchev–Trinajstić information content (AvgIpc) is 2.37. The van der Waals surface area contributed by atoms with Gasteiger partial charge in [-0.3, -0.25) is 4.90 Å². The summed E-state index contributed by atoms with van der Waals surface area (Å²) in [6.07, 6.45) is 0. The van der Waals surface area contributed by atoms with Crippen LogP contribution in [0.4, 0.5) is 0 Å². The van der Waals surface area contributed by atoms with E-state index in [0.717, 1.165) is 19.7 Å². The van der Waals surface area contributed by atoms with Gasteiger partial charge in [0.15, 0.2) is 0 Å². The van der Waals surface area contributed by atoms with Crippen molar-refractivity contribution in [3.63, 3.8) is 0 Å². The molecule has 3 heteroatoms. The lowest BCUT2D eigenvalue weighted by atomic mass is 9.97. The number of methoxy groups -OCH3 is 1. The van der Waals surface area contributed by atoms with Crippen LogP contribution in [0, 0.1) is 12.8 Å². The molecule has 2 N–H and O–H groups in total. The molecule has 2 atom stereocenters. The lowest BCUT2D eigenvalue weighted by Crippen LogP contribution is -2.42. The molecule has 114 valence electrons. The first-order valence-corrected chi connectivity index (χ1v) is 7.50. The van der Waals surface area contributed by atoms with E-state index in [1.165, 1.54) is 11.1 Å². The minimum Gasteiger partial charge on any atom is -0.383 e. The second-order valence-corrected chi connectivity index (χ2v) is 6.10. The van der Waals surface area contributed by atoms with Gasteiger partial charge in [-0.15, -0.1) is 0 Å². The highest BCUT2D eigenvalue weighted by molar-refractivity contribution is 5.25. The van der Waals surface area contributed by atoms with Crippen molar-refractivity contribution in [2.45, 2.75) is 39.8 Å². The molecule has 0 fully saturated rings. The van der Waals surface area contributed by atoms with E-state index in [9.17, 15) is 0 Å². The van der Waals surface area contributed by atoms with E-state index in [1.54, 1.807) is 7.11 Å². The molecule has 20 heavy (non-hydrogen) atoms. The normalized spacial score (nSPS) is 14.8. The number of ether oxygens (including phenoxy) is 1. The number of nitrogens with two attached hydrogens (primary N) is 1. The number of hydrogen-bond donors (Lipinski definition) is 1. The quantitative estimate of drug-likeness (QED) is 0.794. The van der Waals surface area contributed by atoms with Gasteiger partial charge in [0, 0.05) is 32.3 Å². The molecule has 0 spiro atoms. The summed E-state index contributed by atoms with van der Waals surface area (Å²) >= 11 is 0. The Morgan fingerprint density at radius 3 is 2.20 bits per heavy atom. The Labute approximate surface area is 124 Å². The summed E-state index contributed by atoms with van der Waals surface area (Å²) in [5.74, 6) is 0.610. The summed E-state index contributed by atoms with van der Waals surface area (Å²) in [7, 11) is 1.75. The maximum atomic E-state index is 6.27. The number of nitrogens with zero attached hydrogens (tertiary/aromatic N) is 1. The van der Waals surface area contributed by atoms with Gasteiger partial charge in [0.05, 0.1) is 6.61 Å². The third-order valence-electron chi connectivity index (χ3n) is 3.49.